The first-order valence-corrected chi connectivity index (χ1v) is 11.7. The van der Waals surface area contributed by atoms with Crippen molar-refractivity contribution in [3.05, 3.63) is 88.0 Å². The van der Waals surface area contributed by atoms with Crippen LogP contribution >= 0.6 is 0 Å². The maximum atomic E-state index is 14.3. The van der Waals surface area contributed by atoms with E-state index >= 15 is 0 Å². The minimum atomic E-state index is -4.73. The van der Waals surface area contributed by atoms with E-state index in [-0.39, 0.29) is 40.7 Å². The molecular formula is C27H24F5N3O3. The lowest BCUT2D eigenvalue weighted by molar-refractivity contribution is -0.138. The molecule has 5 N–H and O–H groups in total. The molecule has 200 valence electrons. The molecule has 1 fully saturated rings. The van der Waals surface area contributed by atoms with Gasteiger partial charge in [0, 0.05) is 23.7 Å². The van der Waals surface area contributed by atoms with E-state index in [9.17, 15) is 31.5 Å². The van der Waals surface area contributed by atoms with E-state index in [0.717, 1.165) is 18.2 Å². The number of ether oxygens (including phenoxy) is 1. The third kappa shape index (κ3) is 6.10. The second-order valence-electron chi connectivity index (χ2n) is 9.19. The quantitative estimate of drug-likeness (QED) is 0.305. The normalized spacial score (nSPS) is 14.2. The van der Waals surface area contributed by atoms with Crippen LogP contribution in [0.25, 0.3) is 0 Å². The zero-order chi connectivity index (χ0) is 27.8. The van der Waals surface area contributed by atoms with Crippen molar-refractivity contribution in [2.75, 3.05) is 5.32 Å². The third-order valence-electron chi connectivity index (χ3n) is 6.15. The summed E-state index contributed by atoms with van der Waals surface area (Å²) in [6.45, 7) is 1.55. The van der Waals surface area contributed by atoms with Crippen molar-refractivity contribution >= 4 is 17.5 Å². The average Bonchev–Trinajstić information content (AvgIpc) is 3.66. The molecule has 1 unspecified atom stereocenters. The van der Waals surface area contributed by atoms with Crippen LogP contribution in [0.5, 0.6) is 11.5 Å². The fourth-order valence-electron chi connectivity index (χ4n) is 4.11. The van der Waals surface area contributed by atoms with Crippen LogP contribution < -0.4 is 21.5 Å². The molecular weight excluding hydrogens is 509 g/mol. The highest BCUT2D eigenvalue weighted by Crippen LogP contribution is 2.48. The Bertz CT molecular complexity index is 1400. The molecule has 3 aromatic rings. The van der Waals surface area contributed by atoms with Crippen LogP contribution in [0.3, 0.4) is 0 Å². The number of nitrogens with one attached hydrogen (secondary N) is 1. The van der Waals surface area contributed by atoms with Gasteiger partial charge in [0.25, 0.3) is 5.91 Å². The monoisotopic (exact) mass is 533 g/mol. The first-order chi connectivity index (χ1) is 17.8. The summed E-state index contributed by atoms with van der Waals surface area (Å²) >= 11 is 0. The Morgan fingerprint density at radius 1 is 1.05 bits per heavy atom. The van der Waals surface area contributed by atoms with Crippen molar-refractivity contribution in [1.82, 2.24) is 0 Å². The number of alkyl halides is 3. The molecule has 0 aromatic heterocycles. The second-order valence-corrected chi connectivity index (χ2v) is 9.19. The van der Waals surface area contributed by atoms with Crippen molar-refractivity contribution in [2.45, 2.75) is 44.3 Å². The minimum absolute atomic E-state index is 0.00492. The highest BCUT2D eigenvalue weighted by atomic mass is 19.4. The molecule has 2 amide bonds. The lowest BCUT2D eigenvalue weighted by atomic mass is 9.98. The molecule has 0 saturated heterocycles. The van der Waals surface area contributed by atoms with Crippen molar-refractivity contribution in [2.24, 2.45) is 11.5 Å². The van der Waals surface area contributed by atoms with Gasteiger partial charge in [-0.1, -0.05) is 0 Å². The van der Waals surface area contributed by atoms with Crippen LogP contribution in [0.2, 0.25) is 0 Å². The Hall–Kier alpha value is -3.99. The molecule has 0 spiro atoms. The van der Waals surface area contributed by atoms with Gasteiger partial charge in [-0.15, -0.1) is 0 Å². The van der Waals surface area contributed by atoms with Crippen LogP contribution in [0, 0.1) is 18.6 Å². The van der Waals surface area contributed by atoms with Gasteiger partial charge in [-0.3, -0.25) is 9.59 Å². The fraction of sp³-hybridized carbons (Fsp3) is 0.259. The summed E-state index contributed by atoms with van der Waals surface area (Å²) in [6.07, 6.45) is -3.97. The summed E-state index contributed by atoms with van der Waals surface area (Å²) in [5.74, 6) is -3.33. The molecule has 4 rings (SSSR count). The number of anilines is 1. The van der Waals surface area contributed by atoms with Gasteiger partial charge in [0.15, 0.2) is 0 Å². The number of aryl methyl sites for hydroxylation is 1. The van der Waals surface area contributed by atoms with E-state index in [1.54, 1.807) is 6.92 Å². The van der Waals surface area contributed by atoms with Crippen molar-refractivity contribution in [1.29, 1.82) is 0 Å². The number of carbonyl (C=O) groups excluding carboxylic acids is 2. The highest BCUT2D eigenvalue weighted by molar-refractivity contribution is 6.06. The van der Waals surface area contributed by atoms with Crippen LogP contribution in [-0.4, -0.2) is 11.8 Å². The fourth-order valence-corrected chi connectivity index (χ4v) is 4.11. The van der Waals surface area contributed by atoms with E-state index in [1.165, 1.54) is 30.3 Å². The van der Waals surface area contributed by atoms with Crippen molar-refractivity contribution in [3.8, 4) is 11.5 Å². The molecule has 0 aliphatic heterocycles. The highest BCUT2D eigenvalue weighted by Gasteiger charge is 2.40. The smallest absolute Gasteiger partial charge is 0.416 e. The first kappa shape index (κ1) is 27.1. The minimum Gasteiger partial charge on any atom is -0.456 e. The Balaban J connectivity index is 1.75. The zero-order valence-electron chi connectivity index (χ0n) is 20.2. The summed E-state index contributed by atoms with van der Waals surface area (Å²) in [5.41, 5.74) is 9.85. The number of carbonyl (C=O) groups is 2. The topological polar surface area (TPSA) is 107 Å². The van der Waals surface area contributed by atoms with Gasteiger partial charge in [0.05, 0.1) is 11.1 Å². The Labute approximate surface area is 214 Å². The van der Waals surface area contributed by atoms with Gasteiger partial charge < -0.3 is 21.5 Å². The number of nitrogens with two attached hydrogens (primary N) is 2. The Kier molecular flexibility index (Phi) is 7.41. The Morgan fingerprint density at radius 3 is 2.37 bits per heavy atom. The predicted molar refractivity (Wildman–Crippen MR) is 130 cm³/mol. The maximum absolute atomic E-state index is 14.3. The number of hydrogen-bond acceptors (Lipinski definition) is 4. The molecule has 38 heavy (non-hydrogen) atoms. The molecule has 11 heteroatoms. The third-order valence-corrected chi connectivity index (χ3v) is 6.15. The van der Waals surface area contributed by atoms with Crippen LogP contribution in [0.1, 0.15) is 63.8 Å². The van der Waals surface area contributed by atoms with E-state index < -0.39 is 46.8 Å². The van der Waals surface area contributed by atoms with E-state index in [0.29, 0.717) is 18.4 Å². The number of amides is 2. The standard InChI is InChI=1S/C27H24F5N3O3/c1-13-8-15(28)4-7-23(13)38-24-11-17(14-2-3-14)20(27(30,31)32)10-19(24)26(37)35-16-5-6-21(29)18(9-16)22(33)12-25(34)36/h4-11,14,22H,2-3,12,33H2,1H3,(H2,34,36)(H,35,37). The van der Waals surface area contributed by atoms with Gasteiger partial charge in [0.2, 0.25) is 5.91 Å². The van der Waals surface area contributed by atoms with Crippen LogP contribution in [-0.2, 0) is 11.0 Å². The van der Waals surface area contributed by atoms with Crippen LogP contribution in [0.4, 0.5) is 27.6 Å². The second kappa shape index (κ2) is 10.4. The largest absolute Gasteiger partial charge is 0.456 e. The molecule has 1 saturated carbocycles. The van der Waals surface area contributed by atoms with Gasteiger partial charge in [-0.25, -0.2) is 8.78 Å². The zero-order valence-corrected chi connectivity index (χ0v) is 20.2. The SMILES string of the molecule is Cc1cc(F)ccc1Oc1cc(C2CC2)c(C(F)(F)F)cc1C(=O)Nc1ccc(F)c(C(N)CC(N)=O)c1. The summed E-state index contributed by atoms with van der Waals surface area (Å²) in [7, 11) is 0. The Morgan fingerprint density at radius 2 is 1.76 bits per heavy atom. The first-order valence-electron chi connectivity index (χ1n) is 11.7. The van der Waals surface area contributed by atoms with Crippen molar-refractivity contribution < 1.29 is 36.3 Å². The van der Waals surface area contributed by atoms with Gasteiger partial charge in [-0.05, 0) is 85.3 Å². The molecule has 0 radical (unpaired) electrons. The lowest BCUT2D eigenvalue weighted by Gasteiger charge is -2.19. The summed E-state index contributed by atoms with van der Waals surface area (Å²) < 4.78 is 75.6. The maximum Gasteiger partial charge on any atom is 0.416 e. The number of benzene rings is 3. The summed E-state index contributed by atoms with van der Waals surface area (Å²) in [5, 5.41) is 2.44. The molecule has 1 aliphatic rings. The molecule has 0 bridgehead atoms. The number of halogens is 5. The molecule has 1 aliphatic carbocycles. The molecule has 6 nitrogen and oxygen atoms in total. The van der Waals surface area contributed by atoms with Gasteiger partial charge in [-0.2, -0.15) is 13.2 Å². The number of hydrogen-bond donors (Lipinski definition) is 3. The molecule has 3 aromatic carbocycles. The predicted octanol–water partition coefficient (Wildman–Crippen LogP) is 6.09. The summed E-state index contributed by atoms with van der Waals surface area (Å²) in [6, 6.07) is 7.82. The van der Waals surface area contributed by atoms with E-state index in [1.807, 2.05) is 0 Å². The summed E-state index contributed by atoms with van der Waals surface area (Å²) in [4.78, 5) is 24.5. The molecule has 1 atom stereocenters. The lowest BCUT2D eigenvalue weighted by Crippen LogP contribution is -2.22. The number of rotatable bonds is 8. The average molecular weight is 533 g/mol. The number of primary amides is 1. The van der Waals surface area contributed by atoms with Gasteiger partial charge >= 0.3 is 6.18 Å². The van der Waals surface area contributed by atoms with E-state index in [2.05, 4.69) is 5.32 Å². The van der Waals surface area contributed by atoms with Crippen molar-refractivity contribution in [3.63, 3.8) is 0 Å². The molecule has 0 heterocycles. The van der Waals surface area contributed by atoms with E-state index in [4.69, 9.17) is 16.2 Å². The van der Waals surface area contributed by atoms with Crippen LogP contribution in [0.15, 0.2) is 48.5 Å². The van der Waals surface area contributed by atoms with Gasteiger partial charge in [0.1, 0.15) is 23.1 Å².